The fourth-order valence-corrected chi connectivity index (χ4v) is 3.31. The minimum absolute atomic E-state index is 0.0231. The van der Waals surface area contributed by atoms with Gasteiger partial charge in [-0.3, -0.25) is 9.59 Å². The van der Waals surface area contributed by atoms with Crippen LogP contribution in [-0.2, 0) is 9.59 Å². The van der Waals surface area contributed by atoms with Crippen molar-refractivity contribution in [3.8, 4) is 0 Å². The van der Waals surface area contributed by atoms with Crippen molar-refractivity contribution >= 4 is 11.8 Å². The van der Waals surface area contributed by atoms with Crippen LogP contribution in [0.15, 0.2) is 0 Å². The number of carbonyl (C=O) groups is 2. The summed E-state index contributed by atoms with van der Waals surface area (Å²) in [6.45, 7) is 1.85. The highest BCUT2D eigenvalue weighted by molar-refractivity contribution is 5.87. The second kappa shape index (κ2) is 7.22. The van der Waals surface area contributed by atoms with Crippen LogP contribution in [0.3, 0.4) is 0 Å². The fraction of sp³-hybridized carbons (Fsp3) is 0.867. The van der Waals surface area contributed by atoms with Gasteiger partial charge in [-0.15, -0.1) is 0 Å². The Morgan fingerprint density at radius 1 is 1.24 bits per heavy atom. The minimum atomic E-state index is -0.657. The number of nitrogens with zero attached hydrogens (tertiary/aromatic N) is 1. The molecule has 2 fully saturated rings. The third-order valence-corrected chi connectivity index (χ3v) is 4.71. The first kappa shape index (κ1) is 16.2. The molecule has 0 aromatic heterocycles. The number of nitrogens with two attached hydrogens (primary N) is 1. The maximum atomic E-state index is 12.5. The summed E-state index contributed by atoms with van der Waals surface area (Å²) in [5.74, 6) is 0.0862. The molecule has 0 atom stereocenters. The third kappa shape index (κ3) is 3.95. The van der Waals surface area contributed by atoms with Crippen LogP contribution in [-0.4, -0.2) is 53.6 Å². The number of nitrogens with one attached hydrogen (secondary N) is 1. The fourth-order valence-electron chi connectivity index (χ4n) is 3.31. The lowest BCUT2D eigenvalue weighted by atomic mass is 9.92. The van der Waals surface area contributed by atoms with Crippen LogP contribution in [0, 0.1) is 5.92 Å². The zero-order valence-electron chi connectivity index (χ0n) is 12.6. The molecule has 21 heavy (non-hydrogen) atoms. The maximum absolute atomic E-state index is 12.5. The number of hydrogen-bond acceptors (Lipinski definition) is 4. The van der Waals surface area contributed by atoms with E-state index in [-0.39, 0.29) is 24.3 Å². The second-order valence-electron chi connectivity index (χ2n) is 6.30. The van der Waals surface area contributed by atoms with Crippen LogP contribution in [0.4, 0.5) is 0 Å². The number of piperidine rings is 1. The van der Waals surface area contributed by atoms with E-state index < -0.39 is 5.54 Å². The molecular weight excluding hydrogens is 270 g/mol. The Bertz CT molecular complexity index is 372. The van der Waals surface area contributed by atoms with Crippen molar-refractivity contribution < 1.29 is 14.7 Å². The lowest BCUT2D eigenvalue weighted by Crippen LogP contribution is -2.55. The van der Waals surface area contributed by atoms with Gasteiger partial charge in [-0.25, -0.2) is 0 Å². The molecule has 2 rings (SSSR count). The first-order valence-corrected chi connectivity index (χ1v) is 8.04. The molecule has 0 unspecified atom stereocenters. The van der Waals surface area contributed by atoms with Gasteiger partial charge >= 0.3 is 0 Å². The Labute approximate surface area is 126 Å². The molecule has 0 spiro atoms. The number of rotatable bonds is 5. The van der Waals surface area contributed by atoms with Crippen molar-refractivity contribution in [2.75, 3.05) is 26.2 Å². The summed E-state index contributed by atoms with van der Waals surface area (Å²) < 4.78 is 0. The lowest BCUT2D eigenvalue weighted by molar-refractivity contribution is -0.140. The number of aliphatic hydroxyl groups excluding tert-OH is 1. The van der Waals surface area contributed by atoms with E-state index in [0.29, 0.717) is 38.9 Å². The average molecular weight is 297 g/mol. The van der Waals surface area contributed by atoms with E-state index in [4.69, 9.17) is 10.8 Å². The summed E-state index contributed by atoms with van der Waals surface area (Å²) >= 11 is 0. The van der Waals surface area contributed by atoms with Crippen LogP contribution < -0.4 is 11.1 Å². The summed E-state index contributed by atoms with van der Waals surface area (Å²) in [5.41, 5.74) is 5.56. The van der Waals surface area contributed by atoms with Crippen molar-refractivity contribution in [3.05, 3.63) is 0 Å². The average Bonchev–Trinajstić information content (AvgIpc) is 2.95. The van der Waals surface area contributed by atoms with E-state index in [1.54, 1.807) is 0 Å². The molecule has 1 aliphatic heterocycles. The highest BCUT2D eigenvalue weighted by Crippen LogP contribution is 2.30. The van der Waals surface area contributed by atoms with Crippen molar-refractivity contribution in [1.82, 2.24) is 10.2 Å². The Morgan fingerprint density at radius 3 is 2.43 bits per heavy atom. The normalized spacial score (nSPS) is 22.3. The number of amides is 2. The van der Waals surface area contributed by atoms with Crippen LogP contribution >= 0.6 is 0 Å². The van der Waals surface area contributed by atoms with Crippen molar-refractivity contribution in [2.24, 2.45) is 11.7 Å². The van der Waals surface area contributed by atoms with E-state index in [2.05, 4.69) is 5.32 Å². The molecule has 1 saturated heterocycles. The molecule has 4 N–H and O–H groups in total. The van der Waals surface area contributed by atoms with Gasteiger partial charge in [-0.05, 0) is 32.1 Å². The quantitative estimate of drug-likeness (QED) is 0.622. The molecule has 1 saturated carbocycles. The summed E-state index contributed by atoms with van der Waals surface area (Å²) in [5, 5.41) is 11.5. The standard InChI is InChI=1S/C15H27N3O3/c16-15(6-1-2-7-15)14(21)18-9-4-12(5-10-18)13(20)17-8-3-11-19/h12,19H,1-11,16H2,(H,17,20). The Balaban J connectivity index is 1.77. The molecule has 6 heteroatoms. The highest BCUT2D eigenvalue weighted by Gasteiger charge is 2.41. The first-order chi connectivity index (χ1) is 10.1. The minimum Gasteiger partial charge on any atom is -0.396 e. The predicted octanol–water partition coefficient (Wildman–Crippen LogP) is -0.00490. The zero-order valence-corrected chi connectivity index (χ0v) is 12.6. The summed E-state index contributed by atoms with van der Waals surface area (Å²) in [6.07, 6.45) is 5.62. The monoisotopic (exact) mass is 297 g/mol. The highest BCUT2D eigenvalue weighted by atomic mass is 16.3. The Hall–Kier alpha value is -1.14. The summed E-state index contributed by atoms with van der Waals surface area (Å²) in [4.78, 5) is 26.3. The Kier molecular flexibility index (Phi) is 5.58. The van der Waals surface area contributed by atoms with Crippen molar-refractivity contribution in [3.63, 3.8) is 0 Å². The van der Waals surface area contributed by atoms with E-state index in [1.165, 1.54) is 0 Å². The SMILES string of the molecule is NC1(C(=O)N2CCC(C(=O)NCCCO)CC2)CCCC1. The third-order valence-electron chi connectivity index (χ3n) is 4.71. The van der Waals surface area contributed by atoms with E-state index in [9.17, 15) is 9.59 Å². The van der Waals surface area contributed by atoms with Crippen LogP contribution in [0.5, 0.6) is 0 Å². The van der Waals surface area contributed by atoms with Gasteiger partial charge in [0, 0.05) is 32.2 Å². The van der Waals surface area contributed by atoms with Gasteiger partial charge in [0.15, 0.2) is 0 Å². The molecule has 0 aromatic rings. The van der Waals surface area contributed by atoms with Gasteiger partial charge in [0.1, 0.15) is 0 Å². The van der Waals surface area contributed by atoms with E-state index >= 15 is 0 Å². The predicted molar refractivity (Wildman–Crippen MR) is 79.4 cm³/mol. The van der Waals surface area contributed by atoms with Gasteiger partial charge in [0.2, 0.25) is 11.8 Å². The molecule has 6 nitrogen and oxygen atoms in total. The van der Waals surface area contributed by atoms with Gasteiger partial charge in [-0.2, -0.15) is 0 Å². The van der Waals surface area contributed by atoms with Gasteiger partial charge in [0.05, 0.1) is 5.54 Å². The zero-order chi connectivity index (χ0) is 15.3. The second-order valence-corrected chi connectivity index (χ2v) is 6.30. The largest absolute Gasteiger partial charge is 0.396 e. The summed E-state index contributed by atoms with van der Waals surface area (Å²) in [6, 6.07) is 0. The van der Waals surface area contributed by atoms with Gasteiger partial charge in [-0.1, -0.05) is 12.8 Å². The molecule has 2 aliphatic rings. The molecule has 0 bridgehead atoms. The lowest BCUT2D eigenvalue weighted by Gasteiger charge is -2.36. The molecule has 2 amide bonds. The van der Waals surface area contributed by atoms with Crippen LogP contribution in [0.1, 0.15) is 44.9 Å². The van der Waals surface area contributed by atoms with Crippen molar-refractivity contribution in [1.29, 1.82) is 0 Å². The van der Waals surface area contributed by atoms with E-state index in [1.807, 2.05) is 4.90 Å². The number of hydrogen-bond donors (Lipinski definition) is 3. The topological polar surface area (TPSA) is 95.7 Å². The first-order valence-electron chi connectivity index (χ1n) is 8.04. The number of aliphatic hydroxyl groups is 1. The van der Waals surface area contributed by atoms with Crippen molar-refractivity contribution in [2.45, 2.75) is 50.5 Å². The van der Waals surface area contributed by atoms with Gasteiger partial charge in [0.25, 0.3) is 0 Å². The number of likely N-dealkylation sites (tertiary alicyclic amines) is 1. The van der Waals surface area contributed by atoms with Crippen LogP contribution in [0.2, 0.25) is 0 Å². The Morgan fingerprint density at radius 2 is 1.86 bits per heavy atom. The smallest absolute Gasteiger partial charge is 0.242 e. The van der Waals surface area contributed by atoms with E-state index in [0.717, 1.165) is 25.7 Å². The summed E-state index contributed by atoms with van der Waals surface area (Å²) in [7, 11) is 0. The molecular formula is C15H27N3O3. The molecule has 120 valence electrons. The molecule has 0 aromatic carbocycles. The molecule has 0 radical (unpaired) electrons. The van der Waals surface area contributed by atoms with Gasteiger partial charge < -0.3 is 21.1 Å². The number of carbonyl (C=O) groups excluding carboxylic acids is 2. The van der Waals surface area contributed by atoms with Crippen LogP contribution in [0.25, 0.3) is 0 Å². The molecule has 1 aliphatic carbocycles. The molecule has 1 heterocycles. The maximum Gasteiger partial charge on any atom is 0.242 e.